The van der Waals surface area contributed by atoms with Crippen LogP contribution in [-0.4, -0.2) is 12.5 Å². The molecule has 14 heavy (non-hydrogen) atoms. The molecular formula is C11H23F2N. The second-order valence-corrected chi connectivity index (χ2v) is 3.91. The van der Waals surface area contributed by atoms with Crippen LogP contribution in [0.3, 0.4) is 0 Å². The first-order valence-electron chi connectivity index (χ1n) is 5.72. The van der Waals surface area contributed by atoms with Crippen molar-refractivity contribution in [3.63, 3.8) is 0 Å². The van der Waals surface area contributed by atoms with Gasteiger partial charge in [0.2, 0.25) is 0 Å². The van der Waals surface area contributed by atoms with E-state index in [1.165, 1.54) is 25.7 Å². The zero-order valence-electron chi connectivity index (χ0n) is 9.14. The Hall–Kier alpha value is -0.180. The molecule has 0 aliphatic carbocycles. The van der Waals surface area contributed by atoms with Crippen LogP contribution in [0.5, 0.6) is 0 Å². The summed E-state index contributed by atoms with van der Waals surface area (Å²) in [6.45, 7) is 2.18. The van der Waals surface area contributed by atoms with Gasteiger partial charge in [-0.05, 0) is 6.42 Å². The number of hydrogen-bond donors (Lipinski definition) is 1. The Bertz CT molecular complexity index is 118. The Morgan fingerprint density at radius 1 is 0.929 bits per heavy atom. The lowest BCUT2D eigenvalue weighted by Gasteiger charge is -2.09. The molecule has 0 amide bonds. The molecule has 1 unspecified atom stereocenters. The topological polar surface area (TPSA) is 26.0 Å². The Kier molecular flexibility index (Phi) is 9.26. The quantitative estimate of drug-likeness (QED) is 0.573. The van der Waals surface area contributed by atoms with E-state index in [9.17, 15) is 8.78 Å². The highest BCUT2D eigenvalue weighted by Gasteiger charge is 2.13. The van der Waals surface area contributed by atoms with Crippen LogP contribution in [0.15, 0.2) is 0 Å². The van der Waals surface area contributed by atoms with Crippen molar-refractivity contribution in [1.29, 1.82) is 0 Å². The molecule has 0 aromatic carbocycles. The maximum atomic E-state index is 12.0. The summed E-state index contributed by atoms with van der Waals surface area (Å²) in [6, 6.07) is -0.911. The van der Waals surface area contributed by atoms with Crippen molar-refractivity contribution in [1.82, 2.24) is 0 Å². The van der Waals surface area contributed by atoms with Crippen molar-refractivity contribution >= 4 is 0 Å². The first kappa shape index (κ1) is 13.8. The highest BCUT2D eigenvalue weighted by molar-refractivity contribution is 4.63. The molecule has 0 aromatic heterocycles. The molecule has 0 aromatic rings. The fraction of sp³-hybridized carbons (Fsp3) is 1.00. The summed E-state index contributed by atoms with van der Waals surface area (Å²) < 4.78 is 24.0. The predicted molar refractivity (Wildman–Crippen MR) is 56.6 cm³/mol. The average molecular weight is 207 g/mol. The number of nitrogens with two attached hydrogens (primary N) is 1. The number of rotatable bonds is 9. The van der Waals surface area contributed by atoms with E-state index in [1.807, 2.05) is 0 Å². The van der Waals surface area contributed by atoms with E-state index in [4.69, 9.17) is 5.73 Å². The highest BCUT2D eigenvalue weighted by Crippen LogP contribution is 2.11. The fourth-order valence-corrected chi connectivity index (χ4v) is 1.46. The van der Waals surface area contributed by atoms with Crippen LogP contribution in [0.25, 0.3) is 0 Å². The summed E-state index contributed by atoms with van der Waals surface area (Å²) in [4.78, 5) is 0. The Balaban J connectivity index is 3.06. The number of alkyl halides is 2. The fourth-order valence-electron chi connectivity index (χ4n) is 1.46. The molecule has 0 rings (SSSR count). The van der Waals surface area contributed by atoms with E-state index < -0.39 is 12.5 Å². The molecule has 1 nitrogen and oxygen atoms in total. The normalized spacial score (nSPS) is 13.5. The molecule has 0 aliphatic heterocycles. The van der Waals surface area contributed by atoms with Gasteiger partial charge in [0, 0.05) is 0 Å². The molecule has 0 bridgehead atoms. The molecule has 1 atom stereocenters. The molecule has 3 heteroatoms. The van der Waals surface area contributed by atoms with Gasteiger partial charge in [0.05, 0.1) is 6.04 Å². The minimum Gasteiger partial charge on any atom is -0.323 e. The summed E-state index contributed by atoms with van der Waals surface area (Å²) in [5, 5.41) is 0. The van der Waals surface area contributed by atoms with Crippen LogP contribution in [-0.2, 0) is 0 Å². The summed E-state index contributed by atoms with van der Waals surface area (Å²) in [7, 11) is 0. The lowest BCUT2D eigenvalue weighted by atomic mass is 10.1. The molecule has 0 saturated heterocycles. The van der Waals surface area contributed by atoms with E-state index in [-0.39, 0.29) is 0 Å². The van der Waals surface area contributed by atoms with E-state index in [0.29, 0.717) is 6.42 Å². The second kappa shape index (κ2) is 9.38. The van der Waals surface area contributed by atoms with Gasteiger partial charge < -0.3 is 5.73 Å². The predicted octanol–water partition coefficient (Wildman–Crippen LogP) is 3.72. The van der Waals surface area contributed by atoms with Gasteiger partial charge in [-0.15, -0.1) is 0 Å². The molecule has 0 radical (unpaired) electrons. The number of unbranched alkanes of at least 4 members (excludes halogenated alkanes) is 6. The van der Waals surface area contributed by atoms with Gasteiger partial charge in [-0.1, -0.05) is 51.9 Å². The molecule has 0 heterocycles. The highest BCUT2D eigenvalue weighted by atomic mass is 19.3. The number of hydrogen-bond acceptors (Lipinski definition) is 1. The van der Waals surface area contributed by atoms with Gasteiger partial charge in [-0.3, -0.25) is 0 Å². The van der Waals surface area contributed by atoms with Crippen LogP contribution in [0.2, 0.25) is 0 Å². The first-order valence-corrected chi connectivity index (χ1v) is 5.72. The van der Waals surface area contributed by atoms with Gasteiger partial charge in [0.15, 0.2) is 0 Å². The Morgan fingerprint density at radius 3 is 1.93 bits per heavy atom. The van der Waals surface area contributed by atoms with Crippen molar-refractivity contribution in [2.24, 2.45) is 5.73 Å². The van der Waals surface area contributed by atoms with Crippen molar-refractivity contribution < 1.29 is 8.78 Å². The maximum Gasteiger partial charge on any atom is 0.253 e. The smallest absolute Gasteiger partial charge is 0.253 e. The summed E-state index contributed by atoms with van der Waals surface area (Å²) in [5.41, 5.74) is 5.23. The third-order valence-electron chi connectivity index (χ3n) is 2.46. The Morgan fingerprint density at radius 2 is 1.43 bits per heavy atom. The zero-order valence-corrected chi connectivity index (χ0v) is 9.14. The van der Waals surface area contributed by atoms with Gasteiger partial charge in [-0.2, -0.15) is 0 Å². The van der Waals surface area contributed by atoms with Crippen LogP contribution in [0.4, 0.5) is 8.78 Å². The summed E-state index contributed by atoms with van der Waals surface area (Å²) in [5.74, 6) is 0. The largest absolute Gasteiger partial charge is 0.323 e. The molecule has 0 aliphatic rings. The van der Waals surface area contributed by atoms with E-state index >= 15 is 0 Å². The monoisotopic (exact) mass is 207 g/mol. The molecule has 0 spiro atoms. The lowest BCUT2D eigenvalue weighted by molar-refractivity contribution is 0.111. The van der Waals surface area contributed by atoms with Crippen molar-refractivity contribution in [2.75, 3.05) is 0 Å². The molecule has 86 valence electrons. The van der Waals surface area contributed by atoms with Gasteiger partial charge in [0.1, 0.15) is 0 Å². The van der Waals surface area contributed by atoms with Crippen LogP contribution >= 0.6 is 0 Å². The van der Waals surface area contributed by atoms with E-state index in [0.717, 1.165) is 19.3 Å². The van der Waals surface area contributed by atoms with Crippen molar-refractivity contribution in [3.05, 3.63) is 0 Å². The maximum absolute atomic E-state index is 12.0. The van der Waals surface area contributed by atoms with Gasteiger partial charge in [-0.25, -0.2) is 8.78 Å². The van der Waals surface area contributed by atoms with E-state index in [2.05, 4.69) is 6.92 Å². The van der Waals surface area contributed by atoms with Crippen molar-refractivity contribution in [3.8, 4) is 0 Å². The van der Waals surface area contributed by atoms with E-state index in [1.54, 1.807) is 0 Å². The summed E-state index contributed by atoms with van der Waals surface area (Å²) >= 11 is 0. The molecular weight excluding hydrogens is 184 g/mol. The van der Waals surface area contributed by atoms with Crippen LogP contribution < -0.4 is 5.73 Å². The minimum atomic E-state index is -2.35. The second-order valence-electron chi connectivity index (χ2n) is 3.91. The number of halogens is 2. The average Bonchev–Trinajstić information content (AvgIpc) is 2.16. The molecule has 2 N–H and O–H groups in total. The Labute approximate surface area is 86.1 Å². The third-order valence-corrected chi connectivity index (χ3v) is 2.46. The van der Waals surface area contributed by atoms with Crippen molar-refractivity contribution in [2.45, 2.75) is 70.8 Å². The lowest BCUT2D eigenvalue weighted by Crippen LogP contribution is -2.28. The summed E-state index contributed by atoms with van der Waals surface area (Å²) in [6.07, 6.45) is 6.21. The first-order chi connectivity index (χ1) is 6.68. The van der Waals surface area contributed by atoms with Gasteiger partial charge >= 0.3 is 0 Å². The zero-order chi connectivity index (χ0) is 10.8. The molecule has 0 fully saturated rings. The third kappa shape index (κ3) is 8.42. The van der Waals surface area contributed by atoms with Crippen LogP contribution in [0, 0.1) is 0 Å². The SMILES string of the molecule is CCCCCCCCCC(N)C(F)F. The standard InChI is InChI=1S/C11H23F2N/c1-2-3-4-5-6-7-8-9-10(14)11(12)13/h10-11H,2-9,14H2,1H3. The van der Waals surface area contributed by atoms with Gasteiger partial charge in [0.25, 0.3) is 6.43 Å². The minimum absolute atomic E-state index is 0.464. The van der Waals surface area contributed by atoms with Crippen LogP contribution in [0.1, 0.15) is 58.3 Å². The molecule has 0 saturated carbocycles.